The lowest BCUT2D eigenvalue weighted by Crippen LogP contribution is -2.31. The number of aromatic nitrogens is 2. The number of amides is 1. The number of fused-ring (bicyclic) bond motifs is 1. The van der Waals surface area contributed by atoms with Crippen LogP contribution in [0.15, 0.2) is 58.5 Å². The predicted octanol–water partition coefficient (Wildman–Crippen LogP) is 2.65. The van der Waals surface area contributed by atoms with Gasteiger partial charge in [-0.1, -0.05) is 18.2 Å². The Bertz CT molecular complexity index is 949. The Labute approximate surface area is 143 Å². The minimum absolute atomic E-state index is 0.0406. The van der Waals surface area contributed by atoms with Crippen molar-refractivity contribution in [2.75, 3.05) is 6.26 Å². The summed E-state index contributed by atoms with van der Waals surface area (Å²) in [5, 5.41) is 2.77. The molecule has 0 aliphatic heterocycles. The molecule has 122 valence electrons. The summed E-state index contributed by atoms with van der Waals surface area (Å²) in [6.07, 6.45) is 4.98. The predicted molar refractivity (Wildman–Crippen MR) is 95.6 cm³/mol. The van der Waals surface area contributed by atoms with E-state index in [0.717, 1.165) is 16.0 Å². The topological polar surface area (TPSA) is 63.5 Å². The van der Waals surface area contributed by atoms with Crippen LogP contribution in [-0.4, -0.2) is 21.5 Å². The van der Waals surface area contributed by atoms with Crippen molar-refractivity contribution in [2.24, 2.45) is 0 Å². The largest absolute Gasteiger partial charge is 0.348 e. The number of carbonyl (C=O) groups is 1. The minimum Gasteiger partial charge on any atom is -0.348 e. The first kappa shape index (κ1) is 16.3. The van der Waals surface area contributed by atoms with Crippen LogP contribution in [0.1, 0.15) is 21.5 Å². The molecule has 1 aromatic carbocycles. The van der Waals surface area contributed by atoms with Crippen LogP contribution in [0.4, 0.5) is 0 Å². The average Bonchev–Trinajstić information content (AvgIpc) is 2.61. The number of benzene rings is 1. The van der Waals surface area contributed by atoms with Gasteiger partial charge in [-0.3, -0.25) is 14.0 Å². The van der Waals surface area contributed by atoms with E-state index in [9.17, 15) is 9.59 Å². The van der Waals surface area contributed by atoms with Crippen LogP contribution in [0.5, 0.6) is 0 Å². The van der Waals surface area contributed by atoms with Crippen LogP contribution in [0.3, 0.4) is 0 Å². The molecule has 0 aliphatic rings. The maximum Gasteiger partial charge on any atom is 0.270 e. The Hall–Kier alpha value is -2.60. The van der Waals surface area contributed by atoms with Gasteiger partial charge in [-0.05, 0) is 42.5 Å². The molecule has 0 saturated carbocycles. The van der Waals surface area contributed by atoms with Crippen LogP contribution in [0.25, 0.3) is 5.65 Å². The third-order valence-corrected chi connectivity index (χ3v) is 4.53. The second-order valence-electron chi connectivity index (χ2n) is 5.39. The number of hydrogen-bond acceptors (Lipinski definition) is 4. The number of aryl methyl sites for hydroxylation is 1. The molecule has 2 aromatic heterocycles. The zero-order valence-corrected chi connectivity index (χ0v) is 14.3. The molecule has 0 bridgehead atoms. The molecule has 0 fully saturated rings. The molecule has 3 rings (SSSR count). The van der Waals surface area contributed by atoms with Crippen LogP contribution >= 0.6 is 11.8 Å². The highest BCUT2D eigenvalue weighted by Gasteiger charge is 2.13. The maximum absolute atomic E-state index is 12.5. The van der Waals surface area contributed by atoms with Crippen molar-refractivity contribution >= 4 is 23.3 Å². The Balaban J connectivity index is 1.81. The summed E-state index contributed by atoms with van der Waals surface area (Å²) in [5.74, 6) is -0.419. The van der Waals surface area contributed by atoms with Crippen molar-refractivity contribution in [3.05, 3.63) is 75.8 Å². The zero-order valence-electron chi connectivity index (χ0n) is 13.4. The van der Waals surface area contributed by atoms with E-state index < -0.39 is 5.91 Å². The number of pyridine rings is 1. The number of rotatable bonds is 4. The first-order chi connectivity index (χ1) is 11.6. The molecule has 0 atom stereocenters. The number of thioether (sulfide) groups is 1. The van der Waals surface area contributed by atoms with E-state index >= 15 is 0 Å². The summed E-state index contributed by atoms with van der Waals surface area (Å²) in [7, 11) is 0. The summed E-state index contributed by atoms with van der Waals surface area (Å²) in [4.78, 5) is 30.2. The average molecular weight is 339 g/mol. The normalized spacial score (nSPS) is 10.8. The van der Waals surface area contributed by atoms with Crippen LogP contribution in [-0.2, 0) is 6.54 Å². The Morgan fingerprint density at radius 2 is 2.00 bits per heavy atom. The highest BCUT2D eigenvalue weighted by atomic mass is 32.2. The van der Waals surface area contributed by atoms with Gasteiger partial charge in [0.1, 0.15) is 11.2 Å². The van der Waals surface area contributed by atoms with Crippen LogP contribution in [0.2, 0.25) is 0 Å². The molecule has 2 heterocycles. The smallest absolute Gasteiger partial charge is 0.270 e. The van der Waals surface area contributed by atoms with Gasteiger partial charge in [0.15, 0.2) is 0 Å². The minimum atomic E-state index is -0.419. The Morgan fingerprint density at radius 3 is 2.71 bits per heavy atom. The summed E-state index contributed by atoms with van der Waals surface area (Å²) in [6, 6.07) is 11.6. The molecule has 0 saturated heterocycles. The molecular formula is C18H17N3O2S. The lowest BCUT2D eigenvalue weighted by molar-refractivity contribution is 0.0949. The van der Waals surface area contributed by atoms with Crippen molar-refractivity contribution in [3.63, 3.8) is 0 Å². The molecule has 24 heavy (non-hydrogen) atoms. The van der Waals surface area contributed by atoms with Gasteiger partial charge < -0.3 is 5.32 Å². The molecule has 0 spiro atoms. The highest BCUT2D eigenvalue weighted by molar-refractivity contribution is 7.98. The van der Waals surface area contributed by atoms with E-state index in [1.807, 2.05) is 43.5 Å². The lowest BCUT2D eigenvalue weighted by Gasteiger charge is -2.08. The quantitative estimate of drug-likeness (QED) is 0.742. The molecule has 1 N–H and O–H groups in total. The summed E-state index contributed by atoms with van der Waals surface area (Å²) < 4.78 is 1.40. The maximum atomic E-state index is 12.5. The van der Waals surface area contributed by atoms with Crippen molar-refractivity contribution in [3.8, 4) is 0 Å². The number of hydrogen-bond donors (Lipinski definition) is 1. The third kappa shape index (κ3) is 3.19. The zero-order chi connectivity index (χ0) is 17.1. The first-order valence-corrected chi connectivity index (χ1v) is 8.71. The van der Waals surface area contributed by atoms with Gasteiger partial charge in [0.25, 0.3) is 11.5 Å². The molecule has 0 radical (unpaired) electrons. The van der Waals surface area contributed by atoms with Gasteiger partial charge in [-0.15, -0.1) is 11.8 Å². The van der Waals surface area contributed by atoms with Gasteiger partial charge in [-0.25, -0.2) is 4.98 Å². The molecule has 0 unspecified atom stereocenters. The van der Waals surface area contributed by atoms with Crippen molar-refractivity contribution < 1.29 is 4.79 Å². The van der Waals surface area contributed by atoms with Crippen molar-refractivity contribution in [2.45, 2.75) is 18.4 Å². The lowest BCUT2D eigenvalue weighted by atomic mass is 10.2. The number of nitrogens with one attached hydrogen (secondary N) is 1. The molecule has 0 aliphatic carbocycles. The van der Waals surface area contributed by atoms with Gasteiger partial charge >= 0.3 is 0 Å². The molecular weight excluding hydrogens is 322 g/mol. The van der Waals surface area contributed by atoms with Crippen LogP contribution < -0.4 is 10.9 Å². The van der Waals surface area contributed by atoms with Crippen molar-refractivity contribution in [1.29, 1.82) is 0 Å². The van der Waals surface area contributed by atoms with E-state index in [2.05, 4.69) is 10.3 Å². The van der Waals surface area contributed by atoms with Gasteiger partial charge in [-0.2, -0.15) is 0 Å². The van der Waals surface area contributed by atoms with E-state index in [1.165, 1.54) is 10.6 Å². The van der Waals surface area contributed by atoms with E-state index in [0.29, 0.717) is 12.2 Å². The summed E-state index contributed by atoms with van der Waals surface area (Å²) >= 11 is 1.66. The second kappa shape index (κ2) is 6.88. The van der Waals surface area contributed by atoms with Crippen molar-refractivity contribution in [1.82, 2.24) is 14.7 Å². The molecule has 1 amide bonds. The third-order valence-electron chi connectivity index (χ3n) is 3.78. The highest BCUT2D eigenvalue weighted by Crippen LogP contribution is 2.14. The van der Waals surface area contributed by atoms with E-state index in [-0.39, 0.29) is 11.1 Å². The Kier molecular flexibility index (Phi) is 4.66. The fourth-order valence-electron chi connectivity index (χ4n) is 2.42. The van der Waals surface area contributed by atoms with Gasteiger partial charge in [0.2, 0.25) is 0 Å². The van der Waals surface area contributed by atoms with Gasteiger partial charge in [0, 0.05) is 23.8 Å². The second-order valence-corrected chi connectivity index (χ2v) is 6.27. The number of carbonyl (C=O) groups excluding carboxylic acids is 1. The molecule has 5 nitrogen and oxygen atoms in total. The molecule has 3 aromatic rings. The fraction of sp³-hybridized carbons (Fsp3) is 0.167. The summed E-state index contributed by atoms with van der Waals surface area (Å²) in [5.41, 5.74) is 2.10. The van der Waals surface area contributed by atoms with Gasteiger partial charge in [0.05, 0.1) is 0 Å². The summed E-state index contributed by atoms with van der Waals surface area (Å²) in [6.45, 7) is 2.24. The Morgan fingerprint density at radius 1 is 1.25 bits per heavy atom. The SMILES string of the molecule is CSc1ccc(CNC(=O)c2cnc3c(C)cccn3c2=O)cc1. The number of nitrogens with zero attached hydrogens (tertiary/aromatic N) is 2. The first-order valence-electron chi connectivity index (χ1n) is 7.48. The van der Waals surface area contributed by atoms with Crippen LogP contribution in [0, 0.1) is 6.92 Å². The van der Waals surface area contributed by atoms with E-state index in [4.69, 9.17) is 0 Å². The van der Waals surface area contributed by atoms with E-state index in [1.54, 1.807) is 24.0 Å². The monoisotopic (exact) mass is 339 g/mol. The standard InChI is InChI=1S/C18H17N3O2S/c1-12-4-3-9-21-16(12)19-11-15(18(21)23)17(22)20-10-13-5-7-14(24-2)8-6-13/h3-9,11H,10H2,1-2H3,(H,20,22). The molecule has 6 heteroatoms. The fourth-order valence-corrected chi connectivity index (χ4v) is 2.83.